The molecule has 3 N–H and O–H groups in total. The van der Waals surface area contributed by atoms with E-state index in [-0.39, 0.29) is 24.5 Å². The maximum atomic E-state index is 11.7. The molecule has 3 atom stereocenters. The summed E-state index contributed by atoms with van der Waals surface area (Å²) < 4.78 is 5.27. The highest BCUT2D eigenvalue weighted by Crippen LogP contribution is 2.16. The van der Waals surface area contributed by atoms with Crippen LogP contribution >= 0.6 is 0 Å². The number of rotatable bonds is 6. The first-order valence-corrected chi connectivity index (χ1v) is 6.76. The van der Waals surface area contributed by atoms with Gasteiger partial charge in [-0.1, -0.05) is 13.8 Å². The van der Waals surface area contributed by atoms with Crippen molar-refractivity contribution in [2.24, 2.45) is 17.8 Å². The molecular formula is C13H24N2O4. The summed E-state index contributed by atoms with van der Waals surface area (Å²) in [6, 6.07) is -0.281. The number of carbonyl (C=O) groups is 2. The smallest absolute Gasteiger partial charge is 0.315 e. The number of amides is 2. The SMILES string of the molecule is CC(C)C(CNC(=O)NC(C)C1CCOC1)C(=O)O. The summed E-state index contributed by atoms with van der Waals surface area (Å²) in [7, 11) is 0. The van der Waals surface area contributed by atoms with Gasteiger partial charge in [-0.2, -0.15) is 0 Å². The van der Waals surface area contributed by atoms with Gasteiger partial charge in [0.1, 0.15) is 0 Å². The van der Waals surface area contributed by atoms with Crippen LogP contribution in [0.5, 0.6) is 0 Å². The highest BCUT2D eigenvalue weighted by Gasteiger charge is 2.25. The highest BCUT2D eigenvalue weighted by atomic mass is 16.5. The molecule has 0 spiro atoms. The molecule has 0 bridgehead atoms. The lowest BCUT2D eigenvalue weighted by Crippen LogP contribution is -2.46. The zero-order valence-electron chi connectivity index (χ0n) is 11.8. The molecule has 0 aromatic rings. The van der Waals surface area contributed by atoms with E-state index in [0.29, 0.717) is 12.5 Å². The Balaban J connectivity index is 2.32. The first kappa shape index (κ1) is 15.8. The molecular weight excluding hydrogens is 248 g/mol. The summed E-state index contributed by atoms with van der Waals surface area (Å²) in [5.41, 5.74) is 0. The van der Waals surface area contributed by atoms with Crippen LogP contribution in [0.25, 0.3) is 0 Å². The molecule has 19 heavy (non-hydrogen) atoms. The third-order valence-corrected chi connectivity index (χ3v) is 3.64. The van der Waals surface area contributed by atoms with Crippen molar-refractivity contribution in [3.8, 4) is 0 Å². The van der Waals surface area contributed by atoms with Gasteiger partial charge in [-0.05, 0) is 19.3 Å². The lowest BCUT2D eigenvalue weighted by Gasteiger charge is -2.21. The van der Waals surface area contributed by atoms with Crippen molar-refractivity contribution in [2.45, 2.75) is 33.2 Å². The number of hydrogen-bond acceptors (Lipinski definition) is 3. The Morgan fingerprint density at radius 1 is 1.37 bits per heavy atom. The van der Waals surface area contributed by atoms with Gasteiger partial charge in [0.25, 0.3) is 0 Å². The fourth-order valence-electron chi connectivity index (χ4n) is 2.13. The second-order valence-electron chi connectivity index (χ2n) is 5.46. The number of hydrogen-bond donors (Lipinski definition) is 3. The standard InChI is InChI=1S/C13H24N2O4/c1-8(2)11(12(16)17)6-14-13(18)15-9(3)10-4-5-19-7-10/h8-11H,4-7H2,1-3H3,(H,16,17)(H2,14,15,18). The van der Waals surface area contributed by atoms with Gasteiger partial charge in [0.2, 0.25) is 0 Å². The molecule has 110 valence electrons. The van der Waals surface area contributed by atoms with Gasteiger partial charge in [0.05, 0.1) is 12.5 Å². The van der Waals surface area contributed by atoms with Crippen LogP contribution in [0.2, 0.25) is 0 Å². The van der Waals surface area contributed by atoms with Crippen molar-refractivity contribution in [1.29, 1.82) is 0 Å². The Morgan fingerprint density at radius 3 is 2.53 bits per heavy atom. The average molecular weight is 272 g/mol. The second kappa shape index (κ2) is 7.33. The molecule has 6 heteroatoms. The van der Waals surface area contributed by atoms with Gasteiger partial charge in [-0.25, -0.2) is 4.79 Å². The topological polar surface area (TPSA) is 87.7 Å². The zero-order chi connectivity index (χ0) is 14.4. The van der Waals surface area contributed by atoms with Gasteiger partial charge in [0, 0.05) is 25.1 Å². The minimum Gasteiger partial charge on any atom is -0.481 e. The Hall–Kier alpha value is -1.30. The fourth-order valence-corrected chi connectivity index (χ4v) is 2.13. The fraction of sp³-hybridized carbons (Fsp3) is 0.846. The minimum atomic E-state index is -0.882. The summed E-state index contributed by atoms with van der Waals surface area (Å²) in [4.78, 5) is 22.7. The summed E-state index contributed by atoms with van der Waals surface area (Å²) in [6.45, 7) is 7.16. The van der Waals surface area contributed by atoms with E-state index in [0.717, 1.165) is 13.0 Å². The van der Waals surface area contributed by atoms with Gasteiger partial charge < -0.3 is 20.5 Å². The van der Waals surface area contributed by atoms with Crippen LogP contribution in [0.4, 0.5) is 4.79 Å². The van der Waals surface area contributed by atoms with Crippen molar-refractivity contribution in [2.75, 3.05) is 19.8 Å². The van der Waals surface area contributed by atoms with E-state index in [9.17, 15) is 9.59 Å². The Morgan fingerprint density at radius 2 is 2.05 bits per heavy atom. The number of aliphatic carboxylic acids is 1. The van der Waals surface area contributed by atoms with Gasteiger partial charge in [-0.3, -0.25) is 4.79 Å². The van der Waals surface area contributed by atoms with Crippen molar-refractivity contribution in [3.63, 3.8) is 0 Å². The van der Waals surface area contributed by atoms with Gasteiger partial charge in [-0.15, -0.1) is 0 Å². The van der Waals surface area contributed by atoms with E-state index in [1.807, 2.05) is 20.8 Å². The van der Waals surface area contributed by atoms with Gasteiger partial charge in [0.15, 0.2) is 0 Å². The largest absolute Gasteiger partial charge is 0.481 e. The third-order valence-electron chi connectivity index (χ3n) is 3.64. The molecule has 1 aliphatic heterocycles. The minimum absolute atomic E-state index is 0.0153. The van der Waals surface area contributed by atoms with E-state index < -0.39 is 11.9 Å². The molecule has 1 rings (SSSR count). The van der Waals surface area contributed by atoms with Crippen molar-refractivity contribution >= 4 is 12.0 Å². The summed E-state index contributed by atoms with van der Waals surface area (Å²) in [6.07, 6.45) is 0.950. The van der Waals surface area contributed by atoms with Crippen LogP contribution in [0, 0.1) is 17.8 Å². The molecule has 2 amide bonds. The number of carbonyl (C=O) groups excluding carboxylic acids is 1. The van der Waals surface area contributed by atoms with Gasteiger partial charge >= 0.3 is 12.0 Å². The van der Waals surface area contributed by atoms with Crippen LogP contribution < -0.4 is 10.6 Å². The molecule has 0 radical (unpaired) electrons. The number of urea groups is 1. The predicted molar refractivity (Wildman–Crippen MR) is 70.9 cm³/mol. The molecule has 1 aliphatic rings. The monoisotopic (exact) mass is 272 g/mol. The maximum absolute atomic E-state index is 11.7. The molecule has 6 nitrogen and oxygen atoms in total. The molecule has 1 fully saturated rings. The van der Waals surface area contributed by atoms with Crippen LogP contribution in [-0.2, 0) is 9.53 Å². The van der Waals surface area contributed by atoms with Crippen molar-refractivity contribution < 1.29 is 19.4 Å². The third kappa shape index (κ3) is 5.06. The van der Waals surface area contributed by atoms with Crippen LogP contribution in [0.3, 0.4) is 0 Å². The van der Waals surface area contributed by atoms with Crippen LogP contribution in [-0.4, -0.2) is 42.9 Å². The summed E-state index contributed by atoms with van der Waals surface area (Å²) in [5.74, 6) is -1.12. The van der Waals surface area contributed by atoms with E-state index in [1.54, 1.807) is 0 Å². The van der Waals surface area contributed by atoms with E-state index >= 15 is 0 Å². The predicted octanol–water partition coefficient (Wildman–Crippen LogP) is 1.07. The second-order valence-corrected chi connectivity index (χ2v) is 5.46. The number of carboxylic acids is 1. The van der Waals surface area contributed by atoms with Crippen LogP contribution in [0.15, 0.2) is 0 Å². The Bertz CT molecular complexity index is 314. The lowest BCUT2D eigenvalue weighted by molar-refractivity contribution is -0.142. The van der Waals surface area contributed by atoms with Crippen LogP contribution in [0.1, 0.15) is 27.2 Å². The lowest BCUT2D eigenvalue weighted by atomic mass is 9.96. The molecule has 0 aromatic carbocycles. The van der Waals surface area contributed by atoms with Crippen molar-refractivity contribution in [1.82, 2.24) is 10.6 Å². The quantitative estimate of drug-likeness (QED) is 0.675. The van der Waals surface area contributed by atoms with Crippen molar-refractivity contribution in [3.05, 3.63) is 0 Å². The zero-order valence-corrected chi connectivity index (χ0v) is 11.8. The van der Waals surface area contributed by atoms with E-state index in [2.05, 4.69) is 10.6 Å². The number of nitrogens with one attached hydrogen (secondary N) is 2. The summed E-state index contributed by atoms with van der Waals surface area (Å²) >= 11 is 0. The summed E-state index contributed by atoms with van der Waals surface area (Å²) in [5, 5.41) is 14.5. The molecule has 1 saturated heterocycles. The Kier molecular flexibility index (Phi) is 6.08. The number of ether oxygens (including phenoxy) is 1. The molecule has 1 heterocycles. The molecule has 0 saturated carbocycles. The first-order chi connectivity index (χ1) is 8.91. The molecule has 0 aliphatic carbocycles. The molecule has 0 aromatic heterocycles. The van der Waals surface area contributed by atoms with E-state index in [4.69, 9.17) is 9.84 Å². The normalized spacial score (nSPS) is 22.0. The molecule has 3 unspecified atom stereocenters. The van der Waals surface area contributed by atoms with E-state index in [1.165, 1.54) is 0 Å². The first-order valence-electron chi connectivity index (χ1n) is 6.76. The Labute approximate surface area is 113 Å². The maximum Gasteiger partial charge on any atom is 0.315 e. The average Bonchev–Trinajstić information content (AvgIpc) is 2.81. The number of carboxylic acid groups (broad SMARTS) is 1. The highest BCUT2D eigenvalue weighted by molar-refractivity contribution is 5.76.